The highest BCUT2D eigenvalue weighted by atomic mass is 16.6. The van der Waals surface area contributed by atoms with E-state index in [0.29, 0.717) is 25.7 Å². The smallest absolute Gasteiger partial charge is 0.410 e. The van der Waals surface area contributed by atoms with E-state index in [4.69, 9.17) is 15.2 Å². The first-order valence-corrected chi connectivity index (χ1v) is 7.63. The van der Waals surface area contributed by atoms with Crippen molar-refractivity contribution in [1.82, 2.24) is 4.90 Å². The summed E-state index contributed by atoms with van der Waals surface area (Å²) in [7, 11) is 0. The molecule has 118 valence electrons. The maximum atomic E-state index is 12.3. The molecule has 0 saturated carbocycles. The second-order valence-electron chi connectivity index (χ2n) is 6.47. The Kier molecular flexibility index (Phi) is 6.27. The molecule has 1 saturated heterocycles. The molecule has 0 aromatic rings. The molecule has 1 amide bonds. The topological polar surface area (TPSA) is 64.8 Å². The Morgan fingerprint density at radius 1 is 1.40 bits per heavy atom. The molecule has 1 rings (SSSR count). The minimum absolute atomic E-state index is 0.0715. The lowest BCUT2D eigenvalue weighted by atomic mass is 9.89. The predicted molar refractivity (Wildman–Crippen MR) is 79.6 cm³/mol. The van der Waals surface area contributed by atoms with Crippen LogP contribution in [0.1, 0.15) is 47.5 Å². The fraction of sp³-hybridized carbons (Fsp3) is 0.933. The van der Waals surface area contributed by atoms with Crippen LogP contribution in [0.15, 0.2) is 0 Å². The zero-order chi connectivity index (χ0) is 15.3. The lowest BCUT2D eigenvalue weighted by Gasteiger charge is -2.41. The summed E-state index contributed by atoms with van der Waals surface area (Å²) < 4.78 is 11.0. The van der Waals surface area contributed by atoms with Gasteiger partial charge in [0.05, 0.1) is 19.3 Å². The molecule has 2 atom stereocenters. The summed E-state index contributed by atoms with van der Waals surface area (Å²) in [5, 5.41) is 0. The average Bonchev–Trinajstić information content (AvgIpc) is 2.38. The van der Waals surface area contributed by atoms with Crippen molar-refractivity contribution in [3.05, 3.63) is 0 Å². The van der Waals surface area contributed by atoms with Crippen molar-refractivity contribution in [2.24, 2.45) is 11.7 Å². The molecule has 1 fully saturated rings. The molecule has 0 bridgehead atoms. The highest BCUT2D eigenvalue weighted by Crippen LogP contribution is 2.22. The van der Waals surface area contributed by atoms with Gasteiger partial charge >= 0.3 is 6.09 Å². The monoisotopic (exact) mass is 286 g/mol. The van der Waals surface area contributed by atoms with Crippen molar-refractivity contribution in [3.63, 3.8) is 0 Å². The van der Waals surface area contributed by atoms with Gasteiger partial charge in [-0.1, -0.05) is 26.7 Å². The second kappa shape index (κ2) is 7.27. The van der Waals surface area contributed by atoms with Crippen molar-refractivity contribution >= 4 is 6.09 Å². The maximum absolute atomic E-state index is 12.3. The Morgan fingerprint density at radius 3 is 2.50 bits per heavy atom. The van der Waals surface area contributed by atoms with Crippen molar-refractivity contribution in [3.8, 4) is 0 Å². The molecule has 0 spiro atoms. The third-order valence-electron chi connectivity index (χ3n) is 3.83. The van der Waals surface area contributed by atoms with Crippen LogP contribution < -0.4 is 5.73 Å². The van der Waals surface area contributed by atoms with Crippen LogP contribution in [-0.2, 0) is 9.47 Å². The summed E-state index contributed by atoms with van der Waals surface area (Å²) in [6.07, 6.45) is 1.74. The molecule has 0 aromatic carbocycles. The maximum Gasteiger partial charge on any atom is 0.410 e. The van der Waals surface area contributed by atoms with Crippen molar-refractivity contribution in [2.45, 2.75) is 65.1 Å². The molecule has 1 heterocycles. The standard InChI is InChI=1S/C15H30N2O3/c1-6-11(7-2)13(16)12-10-19-9-8-17(12)14(18)20-15(3,4)5/h11-13H,6-10,16H2,1-5H3. The van der Waals surface area contributed by atoms with Crippen LogP contribution in [0.5, 0.6) is 0 Å². The first-order valence-electron chi connectivity index (χ1n) is 7.63. The van der Waals surface area contributed by atoms with E-state index >= 15 is 0 Å². The van der Waals surface area contributed by atoms with Crippen molar-refractivity contribution < 1.29 is 14.3 Å². The van der Waals surface area contributed by atoms with Gasteiger partial charge in [0.1, 0.15) is 5.60 Å². The van der Waals surface area contributed by atoms with Gasteiger partial charge in [0.2, 0.25) is 0 Å². The minimum atomic E-state index is -0.487. The minimum Gasteiger partial charge on any atom is -0.444 e. The molecule has 2 unspecified atom stereocenters. The van der Waals surface area contributed by atoms with Gasteiger partial charge in [-0.15, -0.1) is 0 Å². The molecule has 0 aromatic heterocycles. The number of nitrogens with two attached hydrogens (primary N) is 1. The zero-order valence-electron chi connectivity index (χ0n) is 13.5. The van der Waals surface area contributed by atoms with E-state index in [9.17, 15) is 4.79 Å². The van der Waals surface area contributed by atoms with Crippen LogP contribution in [0.4, 0.5) is 4.79 Å². The number of carbonyl (C=O) groups excluding carboxylic acids is 1. The molecule has 0 radical (unpaired) electrons. The third kappa shape index (κ3) is 4.63. The van der Waals surface area contributed by atoms with E-state index in [1.807, 2.05) is 20.8 Å². The van der Waals surface area contributed by atoms with Gasteiger partial charge in [0.25, 0.3) is 0 Å². The fourth-order valence-electron chi connectivity index (χ4n) is 2.64. The highest BCUT2D eigenvalue weighted by molar-refractivity contribution is 5.68. The Balaban J connectivity index is 2.78. The highest BCUT2D eigenvalue weighted by Gasteiger charge is 2.36. The number of ether oxygens (including phenoxy) is 2. The largest absolute Gasteiger partial charge is 0.444 e. The molecule has 5 heteroatoms. The van der Waals surface area contributed by atoms with Gasteiger partial charge < -0.3 is 15.2 Å². The van der Waals surface area contributed by atoms with Crippen LogP contribution in [0.25, 0.3) is 0 Å². The number of amides is 1. The van der Waals surface area contributed by atoms with Gasteiger partial charge in [-0.2, -0.15) is 0 Å². The number of hydrogen-bond donors (Lipinski definition) is 1. The Morgan fingerprint density at radius 2 is 2.00 bits per heavy atom. The van der Waals surface area contributed by atoms with Crippen molar-refractivity contribution in [2.75, 3.05) is 19.8 Å². The molecular formula is C15H30N2O3. The molecule has 0 aliphatic carbocycles. The number of nitrogens with zero attached hydrogens (tertiary/aromatic N) is 1. The average molecular weight is 286 g/mol. The quantitative estimate of drug-likeness (QED) is 0.862. The van der Waals surface area contributed by atoms with Crippen LogP contribution in [0.2, 0.25) is 0 Å². The lowest BCUT2D eigenvalue weighted by Crippen LogP contribution is -2.59. The van der Waals surface area contributed by atoms with Crippen LogP contribution >= 0.6 is 0 Å². The van der Waals surface area contributed by atoms with Crippen LogP contribution in [0.3, 0.4) is 0 Å². The molecule has 1 aliphatic heterocycles. The predicted octanol–water partition coefficient (Wildman–Crippen LogP) is 2.39. The fourth-order valence-corrected chi connectivity index (χ4v) is 2.64. The summed E-state index contributed by atoms with van der Waals surface area (Å²) in [5.41, 5.74) is 5.89. The number of rotatable bonds is 4. The zero-order valence-corrected chi connectivity index (χ0v) is 13.5. The second-order valence-corrected chi connectivity index (χ2v) is 6.47. The van der Waals surface area contributed by atoms with E-state index in [1.165, 1.54) is 0 Å². The van der Waals surface area contributed by atoms with E-state index in [-0.39, 0.29) is 18.2 Å². The molecular weight excluding hydrogens is 256 g/mol. The number of carbonyl (C=O) groups is 1. The van der Waals surface area contributed by atoms with Gasteiger partial charge in [-0.25, -0.2) is 4.79 Å². The Labute approximate surface area is 122 Å². The number of hydrogen-bond acceptors (Lipinski definition) is 4. The summed E-state index contributed by atoms with van der Waals surface area (Å²) in [6.45, 7) is 11.5. The SMILES string of the molecule is CCC(CC)C(N)C1COCCN1C(=O)OC(C)(C)C. The van der Waals surface area contributed by atoms with Crippen molar-refractivity contribution in [1.29, 1.82) is 0 Å². The Bertz CT molecular complexity index is 311. The van der Waals surface area contributed by atoms with E-state index < -0.39 is 5.60 Å². The van der Waals surface area contributed by atoms with Gasteiger partial charge in [0, 0.05) is 12.6 Å². The van der Waals surface area contributed by atoms with Gasteiger partial charge in [-0.05, 0) is 26.7 Å². The van der Waals surface area contributed by atoms with Gasteiger partial charge in [0.15, 0.2) is 0 Å². The summed E-state index contributed by atoms with van der Waals surface area (Å²) in [6, 6.07) is -0.165. The van der Waals surface area contributed by atoms with E-state index in [2.05, 4.69) is 13.8 Å². The lowest BCUT2D eigenvalue weighted by molar-refractivity contribution is -0.0427. The molecule has 20 heavy (non-hydrogen) atoms. The van der Waals surface area contributed by atoms with E-state index in [0.717, 1.165) is 12.8 Å². The summed E-state index contributed by atoms with van der Waals surface area (Å²) in [5.74, 6) is 0.395. The normalized spacial score (nSPS) is 21.9. The molecule has 1 aliphatic rings. The first-order chi connectivity index (χ1) is 9.30. The van der Waals surface area contributed by atoms with Gasteiger partial charge in [-0.3, -0.25) is 4.90 Å². The summed E-state index contributed by atoms with van der Waals surface area (Å²) >= 11 is 0. The van der Waals surface area contributed by atoms with Crippen LogP contribution in [0, 0.1) is 5.92 Å². The third-order valence-corrected chi connectivity index (χ3v) is 3.83. The number of morpholine rings is 1. The first kappa shape index (κ1) is 17.2. The van der Waals surface area contributed by atoms with Crippen LogP contribution in [-0.4, -0.2) is 48.4 Å². The van der Waals surface area contributed by atoms with E-state index in [1.54, 1.807) is 4.90 Å². The molecule has 5 nitrogen and oxygen atoms in total. The molecule has 2 N–H and O–H groups in total. The summed E-state index contributed by atoms with van der Waals surface area (Å²) in [4.78, 5) is 14.1. The Hall–Kier alpha value is -0.810.